The molecule has 1 saturated carbocycles. The van der Waals surface area contributed by atoms with E-state index in [4.69, 9.17) is 9.72 Å². The summed E-state index contributed by atoms with van der Waals surface area (Å²) in [6, 6.07) is 0. The lowest BCUT2D eigenvalue weighted by molar-refractivity contribution is -0.156. The molecule has 9 heteroatoms. The van der Waals surface area contributed by atoms with Crippen LogP contribution in [-0.2, 0) is 29.4 Å². The number of carbonyl (C=O) groups is 1. The first-order chi connectivity index (χ1) is 14.7. The van der Waals surface area contributed by atoms with E-state index < -0.39 is 16.7 Å². The van der Waals surface area contributed by atoms with Crippen LogP contribution in [0.2, 0.25) is 0 Å². The van der Waals surface area contributed by atoms with E-state index in [1.165, 1.54) is 9.13 Å². The van der Waals surface area contributed by atoms with Crippen LogP contribution in [0.15, 0.2) is 9.59 Å². The number of aryl methyl sites for hydroxylation is 1. The molecule has 31 heavy (non-hydrogen) atoms. The predicted octanol–water partition coefficient (Wildman–Crippen LogP) is 2.36. The summed E-state index contributed by atoms with van der Waals surface area (Å²) in [7, 11) is 0. The van der Waals surface area contributed by atoms with Crippen molar-refractivity contribution in [3.63, 3.8) is 0 Å². The topological polar surface area (TPSA) is 108 Å². The number of hydrogen-bond donors (Lipinski definition) is 1. The smallest absolute Gasteiger partial charge is 0.332 e. The SMILES string of the molecule is CCCn1c(=O)c2c(nc(C3CCCC3)n2COC(=O)C(C)(C)C)n(CCCO)c1=O. The highest BCUT2D eigenvalue weighted by atomic mass is 16.5. The Balaban J connectivity index is 2.23. The van der Waals surface area contributed by atoms with E-state index >= 15 is 0 Å². The third kappa shape index (κ3) is 4.61. The van der Waals surface area contributed by atoms with Gasteiger partial charge in [0.05, 0.1) is 5.41 Å². The number of aliphatic hydroxyl groups excluding tert-OH is 1. The third-order valence-corrected chi connectivity index (χ3v) is 5.79. The number of nitrogens with zero attached hydrogens (tertiary/aromatic N) is 4. The van der Waals surface area contributed by atoms with Gasteiger partial charge in [-0.1, -0.05) is 19.8 Å². The average Bonchev–Trinajstić information content (AvgIpc) is 3.36. The Labute approximate surface area is 181 Å². The number of aliphatic hydroxyl groups is 1. The summed E-state index contributed by atoms with van der Waals surface area (Å²) in [5.74, 6) is 0.480. The van der Waals surface area contributed by atoms with E-state index in [9.17, 15) is 19.5 Å². The Hall–Kier alpha value is -2.42. The Bertz CT molecular complexity index is 1050. The van der Waals surface area contributed by atoms with Crippen LogP contribution in [0, 0.1) is 5.41 Å². The molecule has 0 spiro atoms. The van der Waals surface area contributed by atoms with Crippen molar-refractivity contribution < 1.29 is 14.6 Å². The van der Waals surface area contributed by atoms with Crippen LogP contribution in [0.25, 0.3) is 11.2 Å². The maximum atomic E-state index is 13.4. The highest BCUT2D eigenvalue weighted by Crippen LogP contribution is 2.34. The van der Waals surface area contributed by atoms with Crippen molar-refractivity contribution in [1.29, 1.82) is 0 Å². The van der Waals surface area contributed by atoms with Gasteiger partial charge in [-0.3, -0.25) is 23.3 Å². The van der Waals surface area contributed by atoms with Gasteiger partial charge < -0.3 is 9.84 Å². The highest BCUT2D eigenvalue weighted by molar-refractivity contribution is 5.75. The lowest BCUT2D eigenvalue weighted by atomic mass is 9.98. The van der Waals surface area contributed by atoms with Gasteiger partial charge in [-0.05, 0) is 46.5 Å². The van der Waals surface area contributed by atoms with Gasteiger partial charge in [-0.25, -0.2) is 9.78 Å². The molecule has 2 aromatic rings. The van der Waals surface area contributed by atoms with E-state index in [0.717, 1.165) is 25.7 Å². The summed E-state index contributed by atoms with van der Waals surface area (Å²) in [6.07, 6.45) is 5.05. The highest BCUT2D eigenvalue weighted by Gasteiger charge is 2.29. The predicted molar refractivity (Wildman–Crippen MR) is 117 cm³/mol. The summed E-state index contributed by atoms with van der Waals surface area (Å²) in [5.41, 5.74) is -0.901. The zero-order valence-corrected chi connectivity index (χ0v) is 19.0. The van der Waals surface area contributed by atoms with Crippen molar-refractivity contribution in [2.24, 2.45) is 5.41 Å². The number of carbonyl (C=O) groups excluding carboxylic acids is 1. The fourth-order valence-electron chi connectivity index (χ4n) is 4.12. The molecule has 0 amide bonds. The number of hydrogen-bond acceptors (Lipinski definition) is 6. The van der Waals surface area contributed by atoms with Gasteiger partial charge in [0.25, 0.3) is 5.56 Å². The van der Waals surface area contributed by atoms with Gasteiger partial charge in [0, 0.05) is 25.6 Å². The second-order valence-electron chi connectivity index (χ2n) is 9.33. The Morgan fingerprint density at radius 2 is 1.81 bits per heavy atom. The first kappa shape index (κ1) is 23.2. The fourth-order valence-corrected chi connectivity index (χ4v) is 4.12. The summed E-state index contributed by atoms with van der Waals surface area (Å²) in [5, 5.41) is 9.30. The van der Waals surface area contributed by atoms with Crippen LogP contribution in [-0.4, -0.2) is 36.4 Å². The molecule has 1 aliphatic rings. The van der Waals surface area contributed by atoms with E-state index in [2.05, 4.69) is 0 Å². The fraction of sp³-hybridized carbons (Fsp3) is 0.727. The maximum Gasteiger partial charge on any atom is 0.332 e. The molecule has 0 atom stereocenters. The van der Waals surface area contributed by atoms with Crippen molar-refractivity contribution in [2.45, 2.75) is 92.0 Å². The Morgan fingerprint density at radius 1 is 1.13 bits per heavy atom. The Kier molecular flexibility index (Phi) is 7.03. The zero-order chi connectivity index (χ0) is 22.8. The van der Waals surface area contributed by atoms with E-state index in [0.29, 0.717) is 30.9 Å². The molecule has 9 nitrogen and oxygen atoms in total. The molecular weight excluding hydrogens is 400 g/mol. The molecule has 0 radical (unpaired) electrons. The van der Waals surface area contributed by atoms with Crippen LogP contribution in [0.3, 0.4) is 0 Å². The molecular formula is C22H34N4O5. The minimum atomic E-state index is -0.671. The number of aromatic nitrogens is 4. The number of ether oxygens (including phenoxy) is 1. The number of imidazole rings is 1. The molecule has 0 aliphatic heterocycles. The van der Waals surface area contributed by atoms with Crippen molar-refractivity contribution in [3.8, 4) is 0 Å². The van der Waals surface area contributed by atoms with Crippen molar-refractivity contribution >= 4 is 17.1 Å². The molecule has 0 unspecified atom stereocenters. The second kappa shape index (κ2) is 9.38. The third-order valence-electron chi connectivity index (χ3n) is 5.79. The second-order valence-corrected chi connectivity index (χ2v) is 9.33. The van der Waals surface area contributed by atoms with Crippen LogP contribution in [0.4, 0.5) is 0 Å². The van der Waals surface area contributed by atoms with Crippen molar-refractivity contribution in [2.75, 3.05) is 6.61 Å². The normalized spacial score (nSPS) is 15.1. The van der Waals surface area contributed by atoms with Crippen LogP contribution in [0.5, 0.6) is 0 Å². The molecule has 2 aromatic heterocycles. The maximum absolute atomic E-state index is 13.4. The van der Waals surface area contributed by atoms with Gasteiger partial charge in [0.15, 0.2) is 17.9 Å². The standard InChI is InChI=1S/C22H34N4O5/c1-5-11-25-19(28)16-18(24(21(25)30)12-8-13-27)23-17(15-9-6-7-10-15)26(16)14-31-20(29)22(2,3)4/h15,27H,5-14H2,1-4H3. The molecule has 1 N–H and O–H groups in total. The lowest BCUT2D eigenvalue weighted by Gasteiger charge is -2.19. The average molecular weight is 435 g/mol. The summed E-state index contributed by atoms with van der Waals surface area (Å²) < 4.78 is 9.97. The lowest BCUT2D eigenvalue weighted by Crippen LogP contribution is -2.41. The summed E-state index contributed by atoms with van der Waals surface area (Å²) in [4.78, 5) is 43.6. The first-order valence-corrected chi connectivity index (χ1v) is 11.2. The zero-order valence-electron chi connectivity index (χ0n) is 19.0. The van der Waals surface area contributed by atoms with E-state index in [1.54, 1.807) is 25.3 Å². The van der Waals surface area contributed by atoms with Crippen LogP contribution in [0.1, 0.15) is 78.0 Å². The molecule has 3 rings (SSSR count). The van der Waals surface area contributed by atoms with Gasteiger partial charge in [0.2, 0.25) is 0 Å². The molecule has 1 fully saturated rings. The first-order valence-electron chi connectivity index (χ1n) is 11.2. The molecule has 172 valence electrons. The Morgan fingerprint density at radius 3 is 2.39 bits per heavy atom. The quantitative estimate of drug-likeness (QED) is 0.639. The van der Waals surface area contributed by atoms with Crippen LogP contribution < -0.4 is 11.2 Å². The number of rotatable bonds is 8. The van der Waals surface area contributed by atoms with Gasteiger partial charge in [-0.15, -0.1) is 0 Å². The molecule has 2 heterocycles. The number of esters is 1. The van der Waals surface area contributed by atoms with Crippen molar-refractivity contribution in [3.05, 3.63) is 26.7 Å². The molecule has 0 aromatic carbocycles. The van der Waals surface area contributed by atoms with Crippen LogP contribution >= 0.6 is 0 Å². The van der Waals surface area contributed by atoms with Gasteiger partial charge in [-0.2, -0.15) is 0 Å². The van der Waals surface area contributed by atoms with E-state index in [-0.39, 0.29) is 37.3 Å². The monoisotopic (exact) mass is 434 g/mol. The van der Waals surface area contributed by atoms with Gasteiger partial charge in [0.1, 0.15) is 5.82 Å². The van der Waals surface area contributed by atoms with E-state index in [1.807, 2.05) is 6.92 Å². The summed E-state index contributed by atoms with van der Waals surface area (Å²) >= 11 is 0. The number of fused-ring (bicyclic) bond motifs is 1. The van der Waals surface area contributed by atoms with Gasteiger partial charge >= 0.3 is 11.7 Å². The molecule has 1 aliphatic carbocycles. The van der Waals surface area contributed by atoms with Crippen molar-refractivity contribution in [1.82, 2.24) is 18.7 Å². The minimum Gasteiger partial charge on any atom is -0.443 e. The summed E-state index contributed by atoms with van der Waals surface area (Å²) in [6.45, 7) is 7.61. The molecule has 0 bridgehead atoms. The molecule has 0 saturated heterocycles. The largest absolute Gasteiger partial charge is 0.443 e. The minimum absolute atomic E-state index is 0.0692.